The van der Waals surface area contributed by atoms with Crippen molar-refractivity contribution in [3.05, 3.63) is 78.9 Å². The van der Waals surface area contributed by atoms with E-state index in [1.807, 2.05) is 17.0 Å². The van der Waals surface area contributed by atoms with E-state index < -0.39 is 11.8 Å². The highest BCUT2D eigenvalue weighted by atomic mass is 19.1. The number of halogens is 1. The minimum Gasteiger partial charge on any atom is -0.439 e. The zero-order valence-corrected chi connectivity index (χ0v) is 18.5. The van der Waals surface area contributed by atoms with Crippen molar-refractivity contribution in [3.8, 4) is 22.9 Å². The summed E-state index contributed by atoms with van der Waals surface area (Å²) in [7, 11) is 0. The number of hydrogen-bond donors (Lipinski definition) is 3. The first-order chi connectivity index (χ1) is 17.0. The number of urea groups is 1. The van der Waals surface area contributed by atoms with Crippen LogP contribution in [0.2, 0.25) is 0 Å². The lowest BCUT2D eigenvalue weighted by Gasteiger charge is -2.17. The first-order valence-corrected chi connectivity index (χ1v) is 10.9. The summed E-state index contributed by atoms with van der Waals surface area (Å²) in [5.74, 6) is 0.182. The van der Waals surface area contributed by atoms with Gasteiger partial charge in [0, 0.05) is 48.2 Å². The van der Waals surface area contributed by atoms with Gasteiger partial charge in [-0.05, 0) is 36.4 Å². The van der Waals surface area contributed by atoms with E-state index >= 15 is 0 Å². The van der Waals surface area contributed by atoms with E-state index in [2.05, 4.69) is 25.8 Å². The first kappa shape index (κ1) is 22.1. The van der Waals surface area contributed by atoms with Crippen LogP contribution in [0.3, 0.4) is 0 Å². The fourth-order valence-corrected chi connectivity index (χ4v) is 3.72. The van der Waals surface area contributed by atoms with Crippen molar-refractivity contribution in [1.29, 1.82) is 0 Å². The zero-order chi connectivity index (χ0) is 24.2. The molecule has 0 spiro atoms. The van der Waals surface area contributed by atoms with Crippen molar-refractivity contribution in [1.82, 2.24) is 15.2 Å². The predicted octanol–water partition coefficient (Wildman–Crippen LogP) is 4.83. The lowest BCUT2D eigenvalue weighted by molar-refractivity contribution is -0.116. The number of rotatable bonds is 6. The molecule has 0 saturated carbocycles. The molecule has 4 aromatic rings. The van der Waals surface area contributed by atoms with Gasteiger partial charge in [-0.25, -0.2) is 14.2 Å². The lowest BCUT2D eigenvalue weighted by atomic mass is 10.2. The van der Waals surface area contributed by atoms with Crippen molar-refractivity contribution < 1.29 is 18.7 Å². The monoisotopic (exact) mass is 472 g/mol. The number of pyridine rings is 1. The minimum absolute atomic E-state index is 0.0488. The zero-order valence-electron chi connectivity index (χ0n) is 18.5. The standard InChI is InChI=1S/C25H21FN6O3/c26-21-8-7-20(35-24-6-2-5-22(30-24)16-13-27-28-14-16)12-23(21)31-25(34)29-17-3-1-4-18(11-17)32-10-9-19(33)15-32/h1-8,11-14H,9-10,15H2,(H,27,28)(H2,29,31,34). The van der Waals surface area contributed by atoms with Crippen LogP contribution in [0.15, 0.2) is 73.1 Å². The lowest BCUT2D eigenvalue weighted by Crippen LogP contribution is -2.22. The van der Waals surface area contributed by atoms with Gasteiger partial charge >= 0.3 is 6.03 Å². The van der Waals surface area contributed by atoms with Crippen molar-refractivity contribution in [3.63, 3.8) is 0 Å². The maximum Gasteiger partial charge on any atom is 0.323 e. The SMILES string of the molecule is O=C1CCN(c2cccc(NC(=O)Nc3cc(Oc4cccc(-c5cn[nH]c5)n4)ccc3F)c2)C1. The van der Waals surface area contributed by atoms with Gasteiger partial charge in [0.1, 0.15) is 11.6 Å². The highest BCUT2D eigenvalue weighted by molar-refractivity contribution is 6.00. The average molecular weight is 472 g/mol. The number of hydrogen-bond acceptors (Lipinski definition) is 6. The van der Waals surface area contributed by atoms with Gasteiger partial charge in [-0.1, -0.05) is 12.1 Å². The molecule has 2 amide bonds. The summed E-state index contributed by atoms with van der Waals surface area (Å²) < 4.78 is 20.2. The van der Waals surface area contributed by atoms with Crippen LogP contribution in [0, 0.1) is 5.82 Å². The van der Waals surface area contributed by atoms with E-state index in [0.717, 1.165) is 11.3 Å². The maximum atomic E-state index is 14.4. The number of ketones is 1. The van der Waals surface area contributed by atoms with Crippen LogP contribution in [-0.4, -0.2) is 40.1 Å². The van der Waals surface area contributed by atoms with Crippen LogP contribution in [0.4, 0.5) is 26.2 Å². The molecule has 1 aliphatic rings. The topological polar surface area (TPSA) is 112 Å². The van der Waals surface area contributed by atoms with Crippen LogP contribution in [-0.2, 0) is 4.79 Å². The second kappa shape index (κ2) is 9.64. The third kappa shape index (κ3) is 5.27. The van der Waals surface area contributed by atoms with E-state index in [9.17, 15) is 14.0 Å². The molecular formula is C25H21FN6O3. The Morgan fingerprint density at radius 3 is 2.77 bits per heavy atom. The summed E-state index contributed by atoms with van der Waals surface area (Å²) >= 11 is 0. The molecule has 35 heavy (non-hydrogen) atoms. The van der Waals surface area contributed by atoms with Gasteiger partial charge in [-0.2, -0.15) is 5.10 Å². The molecular weight excluding hydrogens is 451 g/mol. The highest BCUT2D eigenvalue weighted by Crippen LogP contribution is 2.27. The van der Waals surface area contributed by atoms with Crippen LogP contribution in [0.1, 0.15) is 6.42 Å². The largest absolute Gasteiger partial charge is 0.439 e. The summed E-state index contributed by atoms with van der Waals surface area (Å²) in [4.78, 5) is 30.5. The van der Waals surface area contributed by atoms with Crippen LogP contribution in [0.5, 0.6) is 11.6 Å². The van der Waals surface area contributed by atoms with Crippen molar-refractivity contribution in [2.45, 2.75) is 6.42 Å². The molecule has 1 fully saturated rings. The Labute approximate surface area is 200 Å². The number of carbonyl (C=O) groups is 2. The fourth-order valence-electron chi connectivity index (χ4n) is 3.72. The van der Waals surface area contributed by atoms with Crippen LogP contribution < -0.4 is 20.3 Å². The molecule has 5 rings (SSSR count). The number of nitrogens with zero attached hydrogens (tertiary/aromatic N) is 3. The summed E-state index contributed by atoms with van der Waals surface area (Å²) in [5, 5.41) is 11.8. The number of H-pyrrole nitrogens is 1. The molecule has 2 aromatic heterocycles. The quantitative estimate of drug-likeness (QED) is 0.371. The minimum atomic E-state index is -0.615. The molecule has 3 heterocycles. The molecule has 1 aliphatic heterocycles. The summed E-state index contributed by atoms with van der Waals surface area (Å²) in [5.41, 5.74) is 2.77. The number of ether oxygens (including phenoxy) is 1. The molecule has 9 nitrogen and oxygen atoms in total. The molecule has 0 atom stereocenters. The molecule has 0 aliphatic carbocycles. The van der Waals surface area contributed by atoms with E-state index in [1.165, 1.54) is 18.2 Å². The number of benzene rings is 2. The van der Waals surface area contributed by atoms with E-state index in [-0.39, 0.29) is 11.5 Å². The molecule has 3 N–H and O–H groups in total. The number of aromatic amines is 1. The Kier molecular flexibility index (Phi) is 6.08. The summed E-state index contributed by atoms with van der Waals surface area (Å²) in [6.45, 7) is 1.000. The van der Waals surface area contributed by atoms with Crippen molar-refractivity contribution in [2.75, 3.05) is 28.6 Å². The second-order valence-corrected chi connectivity index (χ2v) is 7.93. The van der Waals surface area contributed by atoms with Gasteiger partial charge < -0.3 is 20.3 Å². The van der Waals surface area contributed by atoms with Crippen LogP contribution >= 0.6 is 0 Å². The van der Waals surface area contributed by atoms with E-state index in [0.29, 0.717) is 42.5 Å². The predicted molar refractivity (Wildman–Crippen MR) is 129 cm³/mol. The molecule has 0 bridgehead atoms. The summed E-state index contributed by atoms with van der Waals surface area (Å²) in [6.07, 6.45) is 3.87. The highest BCUT2D eigenvalue weighted by Gasteiger charge is 2.20. The Hall–Kier alpha value is -4.73. The molecule has 176 valence electrons. The Morgan fingerprint density at radius 1 is 1.09 bits per heavy atom. The normalized spacial score (nSPS) is 13.1. The first-order valence-electron chi connectivity index (χ1n) is 10.9. The van der Waals surface area contributed by atoms with Crippen molar-refractivity contribution in [2.24, 2.45) is 0 Å². The molecule has 2 aromatic carbocycles. The number of aromatic nitrogens is 3. The number of Topliss-reactive ketones (excluding diaryl/α,β-unsaturated/α-hetero) is 1. The smallest absolute Gasteiger partial charge is 0.323 e. The molecule has 0 unspecified atom stereocenters. The molecule has 1 saturated heterocycles. The maximum absolute atomic E-state index is 14.4. The fraction of sp³-hybridized carbons (Fsp3) is 0.120. The van der Waals surface area contributed by atoms with E-state index in [4.69, 9.17) is 4.74 Å². The van der Waals surface area contributed by atoms with Gasteiger partial charge in [0.15, 0.2) is 5.78 Å². The van der Waals surface area contributed by atoms with Gasteiger partial charge in [0.2, 0.25) is 5.88 Å². The Morgan fingerprint density at radius 2 is 1.97 bits per heavy atom. The summed E-state index contributed by atoms with van der Waals surface area (Å²) in [6, 6.07) is 15.8. The number of nitrogens with one attached hydrogen (secondary N) is 3. The Balaban J connectivity index is 1.26. The van der Waals surface area contributed by atoms with Gasteiger partial charge in [0.05, 0.1) is 24.1 Å². The number of anilines is 3. The Bertz CT molecular complexity index is 1380. The van der Waals surface area contributed by atoms with Crippen molar-refractivity contribution >= 4 is 28.9 Å². The average Bonchev–Trinajstić information content (AvgIpc) is 3.54. The molecule has 10 heteroatoms. The van der Waals surface area contributed by atoms with Gasteiger partial charge in [0.25, 0.3) is 0 Å². The third-order valence-electron chi connectivity index (χ3n) is 5.42. The van der Waals surface area contributed by atoms with Gasteiger partial charge in [-0.3, -0.25) is 9.89 Å². The number of carbonyl (C=O) groups excluding carboxylic acids is 2. The van der Waals surface area contributed by atoms with E-state index in [1.54, 1.807) is 42.7 Å². The second-order valence-electron chi connectivity index (χ2n) is 7.93. The third-order valence-corrected chi connectivity index (χ3v) is 5.42. The molecule has 0 radical (unpaired) electrons. The van der Waals surface area contributed by atoms with Gasteiger partial charge in [-0.15, -0.1) is 0 Å². The number of amides is 2. The van der Waals surface area contributed by atoms with Crippen LogP contribution in [0.25, 0.3) is 11.3 Å².